The summed E-state index contributed by atoms with van der Waals surface area (Å²) in [5, 5.41) is 9.48. The Balaban J connectivity index is 2.77. The number of ether oxygens (including phenoxy) is 1. The van der Waals surface area contributed by atoms with Gasteiger partial charge in [0.25, 0.3) is 0 Å². The van der Waals surface area contributed by atoms with Crippen molar-refractivity contribution in [3.05, 3.63) is 0 Å². The maximum absolute atomic E-state index is 12.1. The van der Waals surface area contributed by atoms with E-state index < -0.39 is 21.5 Å². The molecule has 7 heteroatoms. The summed E-state index contributed by atoms with van der Waals surface area (Å²) in [5.74, 6) is -1.51. The van der Waals surface area contributed by atoms with Crippen LogP contribution in [0.2, 0.25) is 0 Å². The van der Waals surface area contributed by atoms with Crippen molar-refractivity contribution in [2.24, 2.45) is 5.92 Å². The molecule has 0 aromatic heterocycles. The number of nitrogens with one attached hydrogen (secondary N) is 1. The van der Waals surface area contributed by atoms with Crippen molar-refractivity contribution in [2.75, 3.05) is 12.4 Å². The predicted molar refractivity (Wildman–Crippen MR) is 76.0 cm³/mol. The molecule has 0 aliphatic heterocycles. The number of carbonyl (C=O) groups is 1. The fraction of sp³-hybridized carbons (Fsp3) is 0.923. The highest BCUT2D eigenvalue weighted by Gasteiger charge is 2.47. The first kappa shape index (κ1) is 17.4. The fourth-order valence-corrected chi connectivity index (χ4v) is 3.95. The third-order valence-electron chi connectivity index (χ3n) is 3.82. The van der Waals surface area contributed by atoms with Crippen molar-refractivity contribution in [2.45, 2.75) is 58.1 Å². The minimum absolute atomic E-state index is 0.0489. The van der Waals surface area contributed by atoms with E-state index in [0.717, 1.165) is 19.3 Å². The van der Waals surface area contributed by atoms with Crippen molar-refractivity contribution in [3.63, 3.8) is 0 Å². The second-order valence-electron chi connectivity index (χ2n) is 5.76. The summed E-state index contributed by atoms with van der Waals surface area (Å²) < 4.78 is 31.8. The topological polar surface area (TPSA) is 92.7 Å². The zero-order chi connectivity index (χ0) is 15.4. The van der Waals surface area contributed by atoms with E-state index in [0.29, 0.717) is 6.42 Å². The van der Waals surface area contributed by atoms with Crippen molar-refractivity contribution < 1.29 is 23.1 Å². The molecule has 1 aliphatic rings. The lowest BCUT2D eigenvalue weighted by Crippen LogP contribution is -2.60. The Bertz CT molecular complexity index is 434. The SMILES string of the molecule is CC(C)OCCS(=O)(=O)NC1(C(=O)O)CCCCC1C. The van der Waals surface area contributed by atoms with Crippen LogP contribution in [0, 0.1) is 5.92 Å². The van der Waals surface area contributed by atoms with Gasteiger partial charge in [-0.25, -0.2) is 8.42 Å². The number of carboxylic acid groups (broad SMARTS) is 1. The standard InChI is InChI=1S/C13H25NO5S/c1-10(2)19-8-9-20(17,18)14-13(12(15)16)7-5-4-6-11(13)3/h10-11,14H,4-9H2,1-3H3,(H,15,16). The molecule has 6 nitrogen and oxygen atoms in total. The molecule has 118 valence electrons. The highest BCUT2D eigenvalue weighted by atomic mass is 32.2. The van der Waals surface area contributed by atoms with Crippen molar-refractivity contribution >= 4 is 16.0 Å². The van der Waals surface area contributed by atoms with Gasteiger partial charge in [0.05, 0.1) is 18.5 Å². The van der Waals surface area contributed by atoms with Gasteiger partial charge in [-0.2, -0.15) is 4.72 Å². The van der Waals surface area contributed by atoms with E-state index >= 15 is 0 Å². The zero-order valence-corrected chi connectivity index (χ0v) is 13.2. The normalized spacial score (nSPS) is 27.7. The van der Waals surface area contributed by atoms with Crippen molar-refractivity contribution in [1.82, 2.24) is 4.72 Å². The summed E-state index contributed by atoms with van der Waals surface area (Å²) in [7, 11) is -3.67. The Morgan fingerprint density at radius 2 is 2.10 bits per heavy atom. The quantitative estimate of drug-likeness (QED) is 0.741. The zero-order valence-electron chi connectivity index (χ0n) is 12.4. The van der Waals surface area contributed by atoms with Gasteiger partial charge in [0.2, 0.25) is 10.0 Å². The van der Waals surface area contributed by atoms with Crippen LogP contribution in [0.15, 0.2) is 0 Å². The minimum atomic E-state index is -3.67. The summed E-state index contributed by atoms with van der Waals surface area (Å²) in [6.07, 6.45) is 2.67. The molecule has 0 aromatic carbocycles. The van der Waals surface area contributed by atoms with Gasteiger partial charge in [-0.1, -0.05) is 19.8 Å². The molecule has 0 heterocycles. The van der Waals surface area contributed by atoms with Crippen LogP contribution in [-0.4, -0.2) is 43.5 Å². The van der Waals surface area contributed by atoms with Gasteiger partial charge in [0.15, 0.2) is 0 Å². The number of hydrogen-bond donors (Lipinski definition) is 2. The van der Waals surface area contributed by atoms with E-state index in [4.69, 9.17) is 4.74 Å². The van der Waals surface area contributed by atoms with Crippen LogP contribution in [0.1, 0.15) is 46.5 Å². The summed E-state index contributed by atoms with van der Waals surface area (Å²) in [6.45, 7) is 5.50. The van der Waals surface area contributed by atoms with Gasteiger partial charge in [0, 0.05) is 0 Å². The summed E-state index contributed by atoms with van der Waals surface area (Å²) in [6, 6.07) is 0. The van der Waals surface area contributed by atoms with Gasteiger partial charge in [-0.05, 0) is 32.6 Å². The van der Waals surface area contributed by atoms with Gasteiger partial charge < -0.3 is 9.84 Å². The Labute approximate surface area is 120 Å². The summed E-state index contributed by atoms with van der Waals surface area (Å²) in [5.41, 5.74) is -1.37. The summed E-state index contributed by atoms with van der Waals surface area (Å²) >= 11 is 0. The van der Waals surface area contributed by atoms with Gasteiger partial charge in [-0.3, -0.25) is 4.79 Å². The molecule has 2 N–H and O–H groups in total. The highest BCUT2D eigenvalue weighted by molar-refractivity contribution is 7.89. The first-order valence-corrected chi connectivity index (χ1v) is 8.71. The monoisotopic (exact) mass is 307 g/mol. The van der Waals surface area contributed by atoms with Crippen molar-refractivity contribution in [1.29, 1.82) is 0 Å². The van der Waals surface area contributed by atoms with Crippen LogP contribution in [0.25, 0.3) is 0 Å². The van der Waals surface area contributed by atoms with Crippen LogP contribution in [0.4, 0.5) is 0 Å². The lowest BCUT2D eigenvalue weighted by molar-refractivity contribution is -0.147. The molecule has 0 spiro atoms. The van der Waals surface area contributed by atoms with Gasteiger partial charge in [0.1, 0.15) is 5.54 Å². The second kappa shape index (κ2) is 6.87. The molecular formula is C13H25NO5S. The summed E-state index contributed by atoms with van der Waals surface area (Å²) in [4.78, 5) is 11.6. The van der Waals surface area contributed by atoms with E-state index in [1.165, 1.54) is 0 Å². The molecule has 0 aromatic rings. The van der Waals surface area contributed by atoms with Gasteiger partial charge in [-0.15, -0.1) is 0 Å². The maximum Gasteiger partial charge on any atom is 0.325 e. The molecule has 1 aliphatic carbocycles. The molecule has 1 saturated carbocycles. The van der Waals surface area contributed by atoms with E-state index in [-0.39, 0.29) is 24.4 Å². The first-order chi connectivity index (χ1) is 9.19. The largest absolute Gasteiger partial charge is 0.480 e. The van der Waals surface area contributed by atoms with Crippen molar-refractivity contribution in [3.8, 4) is 0 Å². The van der Waals surface area contributed by atoms with Crippen LogP contribution >= 0.6 is 0 Å². The average molecular weight is 307 g/mol. The number of aliphatic carboxylic acids is 1. The Kier molecular flexibility index (Phi) is 5.97. The first-order valence-electron chi connectivity index (χ1n) is 7.06. The molecule has 0 radical (unpaired) electrons. The Hall–Kier alpha value is -0.660. The molecular weight excluding hydrogens is 282 g/mol. The lowest BCUT2D eigenvalue weighted by atomic mass is 9.74. The van der Waals surface area contributed by atoms with Gasteiger partial charge >= 0.3 is 5.97 Å². The van der Waals surface area contributed by atoms with Crippen LogP contribution in [0.5, 0.6) is 0 Å². The molecule has 2 unspecified atom stereocenters. The Morgan fingerprint density at radius 3 is 2.60 bits per heavy atom. The van der Waals surface area contributed by atoms with E-state index in [9.17, 15) is 18.3 Å². The molecule has 1 rings (SSSR count). The molecule has 0 bridgehead atoms. The average Bonchev–Trinajstić information content (AvgIpc) is 2.30. The fourth-order valence-electron chi connectivity index (χ4n) is 2.58. The Morgan fingerprint density at radius 1 is 1.45 bits per heavy atom. The van der Waals surface area contributed by atoms with Crippen LogP contribution in [-0.2, 0) is 19.6 Å². The van der Waals surface area contributed by atoms with E-state index in [1.54, 1.807) is 6.92 Å². The third-order valence-corrected chi connectivity index (χ3v) is 5.20. The highest BCUT2D eigenvalue weighted by Crippen LogP contribution is 2.34. The molecule has 0 amide bonds. The number of rotatable bonds is 7. The molecule has 1 fully saturated rings. The molecule has 20 heavy (non-hydrogen) atoms. The number of sulfonamides is 1. The lowest BCUT2D eigenvalue weighted by Gasteiger charge is -2.39. The molecule has 0 saturated heterocycles. The maximum atomic E-state index is 12.1. The van der Waals surface area contributed by atoms with E-state index in [2.05, 4.69) is 4.72 Å². The predicted octanol–water partition coefficient (Wildman–Crippen LogP) is 1.36. The third kappa shape index (κ3) is 4.43. The number of hydrogen-bond acceptors (Lipinski definition) is 4. The smallest absolute Gasteiger partial charge is 0.325 e. The minimum Gasteiger partial charge on any atom is -0.480 e. The second-order valence-corrected chi connectivity index (χ2v) is 7.61. The van der Waals surface area contributed by atoms with E-state index in [1.807, 2.05) is 13.8 Å². The molecule has 2 atom stereocenters. The number of carboxylic acids is 1. The van der Waals surface area contributed by atoms with Crippen LogP contribution < -0.4 is 4.72 Å². The van der Waals surface area contributed by atoms with Crippen LogP contribution in [0.3, 0.4) is 0 Å².